The van der Waals surface area contributed by atoms with E-state index in [0.29, 0.717) is 6.42 Å². The van der Waals surface area contributed by atoms with Gasteiger partial charge in [0.2, 0.25) is 5.91 Å². The summed E-state index contributed by atoms with van der Waals surface area (Å²) in [6, 6.07) is 17.6. The molecule has 0 aliphatic heterocycles. The third-order valence-electron chi connectivity index (χ3n) is 3.95. The number of hydrogen-bond donors (Lipinski definition) is 1. The summed E-state index contributed by atoms with van der Waals surface area (Å²) >= 11 is 0. The molecule has 2 amide bonds. The number of rotatable bonds is 8. The van der Waals surface area contributed by atoms with Crippen LogP contribution in [0.4, 0.5) is 0 Å². The molecule has 2 rings (SSSR count). The van der Waals surface area contributed by atoms with Gasteiger partial charge in [-0.15, -0.1) is 4.91 Å². The van der Waals surface area contributed by atoms with E-state index in [-0.39, 0.29) is 18.4 Å². The first-order valence-electron chi connectivity index (χ1n) is 8.54. The Balaban J connectivity index is 2.19. The number of amides is 2. The molecule has 0 spiro atoms. The molecule has 2 aromatic rings. The second kappa shape index (κ2) is 9.46. The molecule has 6 heteroatoms. The van der Waals surface area contributed by atoms with Gasteiger partial charge in [0.15, 0.2) is 0 Å². The number of carbonyl (C=O) groups excluding carboxylic acids is 2. The van der Waals surface area contributed by atoms with Gasteiger partial charge in [0.1, 0.15) is 6.04 Å². The molecule has 0 saturated carbocycles. The van der Waals surface area contributed by atoms with E-state index < -0.39 is 11.9 Å². The molecule has 0 fully saturated rings. The molecule has 1 N–H and O–H groups in total. The second-order valence-corrected chi connectivity index (χ2v) is 6.37. The molecule has 6 nitrogen and oxygen atoms in total. The van der Waals surface area contributed by atoms with Gasteiger partial charge in [-0.05, 0) is 11.1 Å². The van der Waals surface area contributed by atoms with Gasteiger partial charge >= 0.3 is 0 Å². The summed E-state index contributed by atoms with van der Waals surface area (Å²) in [4.78, 5) is 36.3. The van der Waals surface area contributed by atoms with Crippen LogP contribution in [-0.2, 0) is 22.6 Å². The molecule has 1 unspecified atom stereocenters. The Hall–Kier alpha value is -3.02. The normalized spacial score (nSPS) is 11.7. The van der Waals surface area contributed by atoms with Crippen molar-refractivity contribution in [3.8, 4) is 0 Å². The zero-order valence-corrected chi connectivity index (χ0v) is 15.0. The highest BCUT2D eigenvalue weighted by molar-refractivity contribution is 5.88. The van der Waals surface area contributed by atoms with Crippen molar-refractivity contribution in [2.75, 3.05) is 0 Å². The number of benzene rings is 2. The quantitative estimate of drug-likeness (QED) is 0.585. The summed E-state index contributed by atoms with van der Waals surface area (Å²) in [5, 5.41) is 6.48. The number of nitrogens with one attached hydrogen (secondary N) is 1. The summed E-state index contributed by atoms with van der Waals surface area (Å²) in [6.07, 6.45) is 0.291. The average molecular weight is 353 g/mol. The van der Waals surface area contributed by atoms with Gasteiger partial charge < -0.3 is 5.32 Å². The van der Waals surface area contributed by atoms with Gasteiger partial charge in [-0.25, -0.2) is 0 Å². The van der Waals surface area contributed by atoms with Crippen molar-refractivity contribution in [1.29, 1.82) is 0 Å². The number of carbonyl (C=O) groups is 2. The van der Waals surface area contributed by atoms with Crippen LogP contribution in [-0.4, -0.2) is 22.9 Å². The molecule has 26 heavy (non-hydrogen) atoms. The Bertz CT molecular complexity index is 732. The highest BCUT2D eigenvalue weighted by Gasteiger charge is 2.28. The van der Waals surface area contributed by atoms with Crippen LogP contribution >= 0.6 is 0 Å². The monoisotopic (exact) mass is 353 g/mol. The van der Waals surface area contributed by atoms with Gasteiger partial charge in [-0.3, -0.25) is 9.59 Å². The summed E-state index contributed by atoms with van der Waals surface area (Å²) in [6.45, 7) is 3.56. The molecule has 0 aromatic heterocycles. The van der Waals surface area contributed by atoms with E-state index in [1.807, 2.05) is 60.7 Å². The standard InChI is InChI=1S/C20H23N3O3/c1-15(2)19(24)21-18(13-16-9-5-3-6-10-16)20(25)23(22-26)14-17-11-7-4-8-12-17/h3-12,15,18H,13-14H2,1-2H3,(H,21,24). The van der Waals surface area contributed by atoms with E-state index in [1.165, 1.54) is 0 Å². The molecular weight excluding hydrogens is 330 g/mol. The van der Waals surface area contributed by atoms with Crippen molar-refractivity contribution in [1.82, 2.24) is 10.3 Å². The maximum atomic E-state index is 12.9. The van der Waals surface area contributed by atoms with E-state index in [9.17, 15) is 14.5 Å². The van der Waals surface area contributed by atoms with Crippen LogP contribution in [0, 0.1) is 10.8 Å². The fourth-order valence-corrected chi connectivity index (χ4v) is 2.47. The van der Waals surface area contributed by atoms with Gasteiger partial charge in [0.05, 0.1) is 11.8 Å². The number of nitrogens with zero attached hydrogens (tertiary/aromatic N) is 2. The molecule has 0 radical (unpaired) electrons. The number of hydrogen-bond acceptors (Lipinski definition) is 4. The summed E-state index contributed by atoms with van der Waals surface area (Å²) in [5.41, 5.74) is 1.68. The predicted octanol–water partition coefficient (Wildman–Crippen LogP) is 3.08. The minimum absolute atomic E-state index is 0.0615. The van der Waals surface area contributed by atoms with E-state index in [1.54, 1.807) is 13.8 Å². The van der Waals surface area contributed by atoms with E-state index in [2.05, 4.69) is 10.6 Å². The van der Waals surface area contributed by atoms with E-state index >= 15 is 0 Å². The Morgan fingerprint density at radius 1 is 0.962 bits per heavy atom. The largest absolute Gasteiger partial charge is 0.344 e. The minimum atomic E-state index is -0.853. The molecular formula is C20H23N3O3. The van der Waals surface area contributed by atoms with Gasteiger partial charge in [0.25, 0.3) is 5.91 Å². The average Bonchev–Trinajstić information content (AvgIpc) is 2.66. The summed E-state index contributed by atoms with van der Waals surface area (Å²) in [7, 11) is 0. The van der Waals surface area contributed by atoms with Crippen molar-refractivity contribution >= 4 is 11.8 Å². The van der Waals surface area contributed by atoms with Crippen molar-refractivity contribution in [3.05, 3.63) is 76.7 Å². The molecule has 0 heterocycles. The van der Waals surface area contributed by atoms with Crippen LogP contribution in [0.25, 0.3) is 0 Å². The maximum Gasteiger partial charge on any atom is 0.268 e. The van der Waals surface area contributed by atoms with Crippen molar-refractivity contribution < 1.29 is 9.59 Å². The molecule has 1 atom stereocenters. The molecule has 2 aromatic carbocycles. The lowest BCUT2D eigenvalue weighted by Crippen LogP contribution is -2.49. The Morgan fingerprint density at radius 2 is 1.50 bits per heavy atom. The predicted molar refractivity (Wildman–Crippen MR) is 99.7 cm³/mol. The van der Waals surface area contributed by atoms with Crippen LogP contribution < -0.4 is 5.32 Å². The summed E-state index contributed by atoms with van der Waals surface area (Å²) in [5.74, 6) is -1.04. The summed E-state index contributed by atoms with van der Waals surface area (Å²) < 4.78 is 0. The first kappa shape index (κ1) is 19.3. The lowest BCUT2D eigenvalue weighted by molar-refractivity contribution is -0.137. The third kappa shape index (κ3) is 5.51. The SMILES string of the molecule is CC(C)C(=O)NC(Cc1ccccc1)C(=O)N(Cc1ccccc1)N=O. The molecule has 0 saturated heterocycles. The zero-order chi connectivity index (χ0) is 18.9. The third-order valence-corrected chi connectivity index (χ3v) is 3.95. The van der Waals surface area contributed by atoms with Crippen LogP contribution in [0.1, 0.15) is 25.0 Å². The van der Waals surface area contributed by atoms with Gasteiger partial charge in [-0.1, -0.05) is 74.5 Å². The maximum absolute atomic E-state index is 12.9. The Labute approximate surface area is 153 Å². The van der Waals surface area contributed by atoms with Crippen molar-refractivity contribution in [2.45, 2.75) is 32.9 Å². The second-order valence-electron chi connectivity index (χ2n) is 6.37. The highest BCUT2D eigenvalue weighted by Crippen LogP contribution is 2.11. The topological polar surface area (TPSA) is 78.8 Å². The van der Waals surface area contributed by atoms with Gasteiger partial charge in [-0.2, -0.15) is 5.01 Å². The smallest absolute Gasteiger partial charge is 0.268 e. The van der Waals surface area contributed by atoms with Crippen LogP contribution in [0.5, 0.6) is 0 Å². The van der Waals surface area contributed by atoms with Gasteiger partial charge in [0, 0.05) is 12.3 Å². The highest BCUT2D eigenvalue weighted by atomic mass is 16.3. The van der Waals surface area contributed by atoms with Crippen LogP contribution in [0.2, 0.25) is 0 Å². The van der Waals surface area contributed by atoms with Crippen LogP contribution in [0.3, 0.4) is 0 Å². The van der Waals surface area contributed by atoms with E-state index in [0.717, 1.165) is 16.1 Å². The van der Waals surface area contributed by atoms with Crippen molar-refractivity contribution in [3.63, 3.8) is 0 Å². The minimum Gasteiger partial charge on any atom is -0.344 e. The van der Waals surface area contributed by atoms with Crippen LogP contribution in [0.15, 0.2) is 65.9 Å². The van der Waals surface area contributed by atoms with E-state index in [4.69, 9.17) is 0 Å². The van der Waals surface area contributed by atoms with Crippen molar-refractivity contribution in [2.24, 2.45) is 11.2 Å². The molecule has 136 valence electrons. The first-order chi connectivity index (χ1) is 12.5. The lowest BCUT2D eigenvalue weighted by atomic mass is 10.0. The lowest BCUT2D eigenvalue weighted by Gasteiger charge is -2.23. The number of nitroso groups, excluding NO2 is 1. The fourth-order valence-electron chi connectivity index (χ4n) is 2.47. The Kier molecular flexibility index (Phi) is 7.02. The Morgan fingerprint density at radius 3 is 2.00 bits per heavy atom. The first-order valence-corrected chi connectivity index (χ1v) is 8.54. The fraction of sp³-hybridized carbons (Fsp3) is 0.300. The molecule has 0 aliphatic rings. The zero-order valence-electron chi connectivity index (χ0n) is 15.0. The molecule has 0 aliphatic carbocycles. The molecule has 0 bridgehead atoms.